The SMILES string of the molecule is COCC(C)n1c(SCC(=O)c2c(N)n(C)c(=O)n(C)c2=O)nc2ccccc2c1=O. The minimum Gasteiger partial charge on any atom is -0.384 e. The number of thioether (sulfide) groups is 1. The summed E-state index contributed by atoms with van der Waals surface area (Å²) in [6.45, 7) is 2.09. The summed E-state index contributed by atoms with van der Waals surface area (Å²) in [5, 5.41) is 0.777. The number of benzene rings is 1. The maximum atomic E-state index is 13.1. The van der Waals surface area contributed by atoms with E-state index >= 15 is 0 Å². The van der Waals surface area contributed by atoms with Gasteiger partial charge in [-0.1, -0.05) is 23.9 Å². The second-order valence-corrected chi connectivity index (χ2v) is 8.01. The van der Waals surface area contributed by atoms with Gasteiger partial charge in [-0.2, -0.15) is 0 Å². The number of nitrogens with zero attached hydrogens (tertiary/aromatic N) is 4. The van der Waals surface area contributed by atoms with Crippen molar-refractivity contribution in [2.75, 3.05) is 25.2 Å². The monoisotopic (exact) mass is 445 g/mol. The molecule has 0 aliphatic rings. The maximum Gasteiger partial charge on any atom is 0.332 e. The normalized spacial score (nSPS) is 12.3. The Morgan fingerprint density at radius 2 is 1.84 bits per heavy atom. The molecule has 0 fully saturated rings. The molecule has 10 nitrogen and oxygen atoms in total. The molecule has 0 bridgehead atoms. The lowest BCUT2D eigenvalue weighted by Crippen LogP contribution is -2.41. The van der Waals surface area contributed by atoms with Gasteiger partial charge < -0.3 is 10.5 Å². The topological polar surface area (TPSA) is 131 Å². The largest absolute Gasteiger partial charge is 0.384 e. The Bertz CT molecular complexity index is 1340. The van der Waals surface area contributed by atoms with Crippen LogP contribution in [0.4, 0.5) is 5.82 Å². The van der Waals surface area contributed by atoms with Gasteiger partial charge in [0.15, 0.2) is 10.9 Å². The minimum atomic E-state index is -0.761. The highest BCUT2D eigenvalue weighted by molar-refractivity contribution is 7.99. The zero-order valence-electron chi connectivity index (χ0n) is 17.6. The molecule has 0 spiro atoms. The van der Waals surface area contributed by atoms with Gasteiger partial charge in [-0.15, -0.1) is 0 Å². The molecule has 11 heteroatoms. The number of nitrogens with two attached hydrogens (primary N) is 1. The van der Waals surface area contributed by atoms with E-state index in [1.54, 1.807) is 24.3 Å². The third-order valence-electron chi connectivity index (χ3n) is 4.95. The lowest BCUT2D eigenvalue weighted by atomic mass is 10.2. The van der Waals surface area contributed by atoms with E-state index < -0.39 is 17.0 Å². The highest BCUT2D eigenvalue weighted by Crippen LogP contribution is 2.22. The van der Waals surface area contributed by atoms with Gasteiger partial charge in [-0.25, -0.2) is 9.78 Å². The van der Waals surface area contributed by atoms with Crippen LogP contribution >= 0.6 is 11.8 Å². The van der Waals surface area contributed by atoms with Gasteiger partial charge in [0.05, 0.1) is 29.3 Å². The summed E-state index contributed by atoms with van der Waals surface area (Å²) in [5.74, 6) is -0.954. The average molecular weight is 446 g/mol. The molecule has 0 aliphatic carbocycles. The predicted octanol–water partition coefficient (Wildman–Crippen LogP) is 0.559. The van der Waals surface area contributed by atoms with E-state index in [1.165, 1.54) is 25.8 Å². The Balaban J connectivity index is 2.04. The van der Waals surface area contributed by atoms with Crippen LogP contribution in [-0.2, 0) is 18.8 Å². The van der Waals surface area contributed by atoms with Crippen LogP contribution < -0.4 is 22.5 Å². The lowest BCUT2D eigenvalue weighted by molar-refractivity contribution is 0.102. The van der Waals surface area contributed by atoms with Crippen molar-refractivity contribution in [3.63, 3.8) is 0 Å². The second kappa shape index (κ2) is 8.90. The number of rotatable bonds is 7. The van der Waals surface area contributed by atoms with E-state index in [-0.39, 0.29) is 35.3 Å². The number of methoxy groups -OCH3 is 1. The van der Waals surface area contributed by atoms with Crippen LogP contribution in [0.2, 0.25) is 0 Å². The zero-order valence-corrected chi connectivity index (χ0v) is 18.4. The van der Waals surface area contributed by atoms with Crippen molar-refractivity contribution in [1.82, 2.24) is 18.7 Å². The highest BCUT2D eigenvalue weighted by Gasteiger charge is 2.22. The number of ether oxygens (including phenoxy) is 1. The first-order chi connectivity index (χ1) is 14.7. The molecule has 31 heavy (non-hydrogen) atoms. The van der Waals surface area contributed by atoms with Crippen molar-refractivity contribution in [2.24, 2.45) is 14.1 Å². The van der Waals surface area contributed by atoms with E-state index in [0.717, 1.165) is 20.9 Å². The van der Waals surface area contributed by atoms with E-state index in [9.17, 15) is 19.2 Å². The number of nitrogen functional groups attached to an aromatic ring is 1. The molecule has 0 amide bonds. The van der Waals surface area contributed by atoms with Gasteiger partial charge in [-0.05, 0) is 19.1 Å². The lowest BCUT2D eigenvalue weighted by Gasteiger charge is -2.19. The molecule has 1 atom stereocenters. The first kappa shape index (κ1) is 22.5. The molecule has 0 aliphatic heterocycles. The Morgan fingerprint density at radius 3 is 2.52 bits per heavy atom. The van der Waals surface area contributed by atoms with E-state index in [4.69, 9.17) is 10.5 Å². The van der Waals surface area contributed by atoms with Gasteiger partial charge in [0.2, 0.25) is 0 Å². The van der Waals surface area contributed by atoms with E-state index in [2.05, 4.69) is 4.98 Å². The number of para-hydroxylation sites is 1. The summed E-state index contributed by atoms with van der Waals surface area (Å²) in [4.78, 5) is 54.9. The number of Topliss-reactive ketones (excluding diaryl/α,β-unsaturated/α-hetero) is 1. The molecular weight excluding hydrogens is 422 g/mol. The first-order valence-corrected chi connectivity index (χ1v) is 10.4. The van der Waals surface area contributed by atoms with Gasteiger partial charge in [0, 0.05) is 21.2 Å². The molecule has 164 valence electrons. The highest BCUT2D eigenvalue weighted by atomic mass is 32.2. The Hall–Kier alpha value is -3.18. The summed E-state index contributed by atoms with van der Waals surface area (Å²) in [6, 6.07) is 6.60. The Labute approximate surface area is 181 Å². The Kier molecular flexibility index (Phi) is 6.46. The number of fused-ring (bicyclic) bond motifs is 1. The van der Waals surface area contributed by atoms with Crippen molar-refractivity contribution in [3.8, 4) is 0 Å². The van der Waals surface area contributed by atoms with Crippen LogP contribution in [-0.4, -0.2) is 43.9 Å². The minimum absolute atomic E-state index is 0.192. The van der Waals surface area contributed by atoms with Crippen LogP contribution in [0.1, 0.15) is 23.3 Å². The van der Waals surface area contributed by atoms with Crippen LogP contribution in [0.15, 0.2) is 43.8 Å². The molecule has 2 heterocycles. The Morgan fingerprint density at radius 1 is 1.16 bits per heavy atom. The number of carbonyl (C=O) groups excluding carboxylic acids is 1. The smallest absolute Gasteiger partial charge is 0.332 e. The average Bonchev–Trinajstić information content (AvgIpc) is 2.75. The van der Waals surface area contributed by atoms with Gasteiger partial charge in [0.25, 0.3) is 11.1 Å². The van der Waals surface area contributed by atoms with Crippen molar-refractivity contribution in [3.05, 3.63) is 61.0 Å². The second-order valence-electron chi connectivity index (χ2n) is 7.07. The van der Waals surface area contributed by atoms with Crippen molar-refractivity contribution in [1.29, 1.82) is 0 Å². The summed E-state index contributed by atoms with van der Waals surface area (Å²) in [7, 11) is 4.20. The van der Waals surface area contributed by atoms with Crippen LogP contribution in [0, 0.1) is 0 Å². The summed E-state index contributed by atoms with van der Waals surface area (Å²) in [6.07, 6.45) is 0. The van der Waals surface area contributed by atoms with Crippen molar-refractivity contribution < 1.29 is 9.53 Å². The fourth-order valence-corrected chi connectivity index (χ4v) is 4.23. The molecule has 3 aromatic rings. The molecule has 0 saturated heterocycles. The molecule has 1 aromatic carbocycles. The number of hydrogen-bond acceptors (Lipinski definition) is 8. The summed E-state index contributed by atoms with van der Waals surface area (Å²) >= 11 is 1.02. The molecule has 1 unspecified atom stereocenters. The molecule has 0 radical (unpaired) electrons. The number of hydrogen-bond donors (Lipinski definition) is 1. The molecule has 2 N–H and O–H groups in total. The maximum absolute atomic E-state index is 13.1. The third-order valence-corrected chi connectivity index (χ3v) is 5.90. The number of aromatic nitrogens is 4. The van der Waals surface area contributed by atoms with Crippen molar-refractivity contribution in [2.45, 2.75) is 18.1 Å². The zero-order chi connectivity index (χ0) is 22.9. The standard InChI is InChI=1S/C20H23N5O5S/c1-11(9-30-4)25-17(27)12-7-5-6-8-13(12)22-19(25)31-10-14(26)15-16(21)23(2)20(29)24(3)18(15)28/h5-8,11H,9-10,21H2,1-4H3. The third kappa shape index (κ3) is 4.06. The number of ketones is 1. The molecule has 3 rings (SSSR count). The fraction of sp³-hybridized carbons (Fsp3) is 0.350. The number of anilines is 1. The molecular formula is C20H23N5O5S. The fourth-order valence-electron chi connectivity index (χ4n) is 3.26. The molecule has 0 saturated carbocycles. The molecule has 2 aromatic heterocycles. The van der Waals surface area contributed by atoms with Crippen LogP contribution in [0.5, 0.6) is 0 Å². The van der Waals surface area contributed by atoms with E-state index in [0.29, 0.717) is 16.1 Å². The van der Waals surface area contributed by atoms with Crippen LogP contribution in [0.3, 0.4) is 0 Å². The van der Waals surface area contributed by atoms with E-state index in [1.807, 2.05) is 6.92 Å². The van der Waals surface area contributed by atoms with Crippen molar-refractivity contribution >= 4 is 34.3 Å². The van der Waals surface area contributed by atoms with Gasteiger partial charge >= 0.3 is 5.69 Å². The quantitative estimate of drug-likeness (QED) is 0.317. The number of carbonyl (C=O) groups is 1. The predicted molar refractivity (Wildman–Crippen MR) is 119 cm³/mol. The summed E-state index contributed by atoms with van der Waals surface area (Å²) in [5.41, 5.74) is 4.48. The van der Waals surface area contributed by atoms with Gasteiger partial charge in [0.1, 0.15) is 11.4 Å². The first-order valence-electron chi connectivity index (χ1n) is 9.40. The van der Waals surface area contributed by atoms with Crippen LogP contribution in [0.25, 0.3) is 10.9 Å². The van der Waals surface area contributed by atoms with Gasteiger partial charge in [-0.3, -0.25) is 28.1 Å². The summed E-state index contributed by atoms with van der Waals surface area (Å²) < 4.78 is 8.54.